The fourth-order valence-corrected chi connectivity index (χ4v) is 2.75. The van der Waals surface area contributed by atoms with Gasteiger partial charge in [0, 0.05) is 13.1 Å². The van der Waals surface area contributed by atoms with Gasteiger partial charge in [0.1, 0.15) is 18.5 Å². The van der Waals surface area contributed by atoms with Crippen LogP contribution >= 0.6 is 0 Å². The molecule has 0 bridgehead atoms. The first-order chi connectivity index (χ1) is 11.1. The maximum absolute atomic E-state index is 14.0. The van der Waals surface area contributed by atoms with Gasteiger partial charge in [0.15, 0.2) is 0 Å². The lowest BCUT2D eigenvalue weighted by atomic mass is 10.0. The zero-order valence-electron chi connectivity index (χ0n) is 12.2. The SMILES string of the molecule is O=C(O)c1ccc(C(=O)N2CCCC(n3cncn3)C2)c(F)c1. The Kier molecular flexibility index (Phi) is 4.05. The molecule has 0 radical (unpaired) electrons. The molecule has 1 aliphatic heterocycles. The summed E-state index contributed by atoms with van der Waals surface area (Å²) < 4.78 is 15.7. The number of halogens is 1. The van der Waals surface area contributed by atoms with Crippen molar-refractivity contribution in [2.24, 2.45) is 0 Å². The number of aromatic nitrogens is 3. The van der Waals surface area contributed by atoms with E-state index in [0.717, 1.165) is 18.9 Å². The summed E-state index contributed by atoms with van der Waals surface area (Å²) in [6.07, 6.45) is 4.69. The smallest absolute Gasteiger partial charge is 0.335 e. The van der Waals surface area contributed by atoms with Crippen molar-refractivity contribution in [1.82, 2.24) is 19.7 Å². The highest BCUT2D eigenvalue weighted by molar-refractivity contribution is 5.96. The number of benzene rings is 1. The van der Waals surface area contributed by atoms with E-state index in [1.165, 1.54) is 18.5 Å². The Morgan fingerprint density at radius 3 is 2.83 bits per heavy atom. The summed E-state index contributed by atoms with van der Waals surface area (Å²) in [4.78, 5) is 28.8. The number of carbonyl (C=O) groups is 2. The maximum atomic E-state index is 14.0. The standard InChI is InChI=1S/C15H15FN4O3/c16-13-6-10(15(22)23)3-4-12(13)14(21)19-5-1-2-11(7-19)20-9-17-8-18-20/h3-4,6,8-9,11H,1-2,5,7H2,(H,22,23). The van der Waals surface area contributed by atoms with E-state index in [2.05, 4.69) is 10.1 Å². The molecule has 1 fully saturated rings. The zero-order chi connectivity index (χ0) is 16.4. The number of hydrogen-bond donors (Lipinski definition) is 1. The van der Waals surface area contributed by atoms with Gasteiger partial charge >= 0.3 is 5.97 Å². The van der Waals surface area contributed by atoms with Crippen molar-refractivity contribution in [2.75, 3.05) is 13.1 Å². The van der Waals surface area contributed by atoms with Crippen LogP contribution in [0.4, 0.5) is 4.39 Å². The molecule has 0 saturated carbocycles. The van der Waals surface area contributed by atoms with Gasteiger partial charge in [-0.1, -0.05) is 0 Å². The number of amides is 1. The Balaban J connectivity index is 1.78. The Hall–Kier alpha value is -2.77. The van der Waals surface area contributed by atoms with Crippen LogP contribution in [0, 0.1) is 5.82 Å². The fourth-order valence-electron chi connectivity index (χ4n) is 2.75. The number of hydrogen-bond acceptors (Lipinski definition) is 4. The lowest BCUT2D eigenvalue weighted by Gasteiger charge is -2.32. The van der Waals surface area contributed by atoms with Crippen LogP contribution in [0.25, 0.3) is 0 Å². The summed E-state index contributed by atoms with van der Waals surface area (Å²) in [6.45, 7) is 0.951. The van der Waals surface area contributed by atoms with Crippen LogP contribution in [0.2, 0.25) is 0 Å². The van der Waals surface area contributed by atoms with E-state index in [1.54, 1.807) is 15.9 Å². The first-order valence-corrected chi connectivity index (χ1v) is 7.22. The number of carboxylic acid groups (broad SMARTS) is 1. The molecule has 1 saturated heterocycles. The summed E-state index contributed by atoms with van der Waals surface area (Å²) >= 11 is 0. The lowest BCUT2D eigenvalue weighted by Crippen LogP contribution is -2.41. The van der Waals surface area contributed by atoms with Gasteiger partial charge in [-0.2, -0.15) is 5.10 Å². The normalized spacial score (nSPS) is 18.0. The molecule has 8 heteroatoms. The summed E-state index contributed by atoms with van der Waals surface area (Å²) in [6, 6.07) is 3.34. The fraction of sp³-hybridized carbons (Fsp3) is 0.333. The molecule has 1 unspecified atom stereocenters. The number of likely N-dealkylation sites (tertiary alicyclic amines) is 1. The van der Waals surface area contributed by atoms with E-state index in [1.807, 2.05) is 0 Å². The number of carbonyl (C=O) groups excluding carboxylic acids is 1. The first-order valence-electron chi connectivity index (χ1n) is 7.22. The largest absolute Gasteiger partial charge is 0.478 e. The average Bonchev–Trinajstić information content (AvgIpc) is 3.08. The van der Waals surface area contributed by atoms with Gasteiger partial charge < -0.3 is 10.0 Å². The number of carboxylic acids is 1. The number of aromatic carboxylic acids is 1. The average molecular weight is 318 g/mol. The van der Waals surface area contributed by atoms with Crippen molar-refractivity contribution in [3.8, 4) is 0 Å². The molecular formula is C15H15FN4O3. The minimum absolute atomic E-state index is 0.0107. The summed E-state index contributed by atoms with van der Waals surface area (Å²) in [5.41, 5.74) is -0.299. The van der Waals surface area contributed by atoms with Crippen LogP contribution in [0.15, 0.2) is 30.9 Å². The topological polar surface area (TPSA) is 88.3 Å². The van der Waals surface area contributed by atoms with E-state index in [-0.39, 0.29) is 17.2 Å². The van der Waals surface area contributed by atoms with Crippen LogP contribution in [0.1, 0.15) is 39.6 Å². The third-order valence-electron chi connectivity index (χ3n) is 3.94. The second kappa shape index (κ2) is 6.15. The lowest BCUT2D eigenvalue weighted by molar-refractivity contribution is 0.0661. The third-order valence-corrected chi connectivity index (χ3v) is 3.94. The van der Waals surface area contributed by atoms with Crippen molar-refractivity contribution in [3.05, 3.63) is 47.8 Å². The highest BCUT2D eigenvalue weighted by atomic mass is 19.1. The van der Waals surface area contributed by atoms with E-state index in [9.17, 15) is 14.0 Å². The summed E-state index contributed by atoms with van der Waals surface area (Å²) in [5, 5.41) is 12.9. The molecule has 0 aliphatic carbocycles. The molecule has 0 spiro atoms. The van der Waals surface area contributed by atoms with Crippen LogP contribution in [-0.4, -0.2) is 49.7 Å². The van der Waals surface area contributed by atoms with Gasteiger partial charge in [0.2, 0.25) is 0 Å². The van der Waals surface area contributed by atoms with E-state index >= 15 is 0 Å². The van der Waals surface area contributed by atoms with Gasteiger partial charge in [-0.05, 0) is 31.0 Å². The Morgan fingerprint density at radius 2 is 2.17 bits per heavy atom. The molecule has 7 nitrogen and oxygen atoms in total. The molecule has 1 aromatic carbocycles. The predicted molar refractivity (Wildman–Crippen MR) is 77.6 cm³/mol. The van der Waals surface area contributed by atoms with Crippen LogP contribution in [0.5, 0.6) is 0 Å². The Morgan fingerprint density at radius 1 is 1.35 bits per heavy atom. The van der Waals surface area contributed by atoms with Gasteiger partial charge in [0.05, 0.1) is 17.2 Å². The molecule has 1 aliphatic rings. The van der Waals surface area contributed by atoms with Crippen molar-refractivity contribution in [3.63, 3.8) is 0 Å². The number of nitrogens with zero attached hydrogens (tertiary/aromatic N) is 4. The molecule has 1 amide bonds. The molecular weight excluding hydrogens is 303 g/mol. The molecule has 1 aromatic heterocycles. The second-order valence-corrected chi connectivity index (χ2v) is 5.42. The van der Waals surface area contributed by atoms with E-state index in [0.29, 0.717) is 13.1 Å². The molecule has 1 N–H and O–H groups in total. The van der Waals surface area contributed by atoms with Crippen molar-refractivity contribution < 1.29 is 19.1 Å². The monoisotopic (exact) mass is 318 g/mol. The van der Waals surface area contributed by atoms with Gasteiger partial charge in [-0.15, -0.1) is 0 Å². The molecule has 1 atom stereocenters. The predicted octanol–water partition coefficient (Wildman–Crippen LogP) is 1.59. The van der Waals surface area contributed by atoms with Crippen molar-refractivity contribution in [2.45, 2.75) is 18.9 Å². The molecule has 2 aromatic rings. The van der Waals surface area contributed by atoms with Crippen molar-refractivity contribution in [1.29, 1.82) is 0 Å². The second-order valence-electron chi connectivity index (χ2n) is 5.42. The summed E-state index contributed by atoms with van der Waals surface area (Å²) in [5.74, 6) is -2.49. The van der Waals surface area contributed by atoms with E-state index in [4.69, 9.17) is 5.11 Å². The van der Waals surface area contributed by atoms with Gasteiger partial charge in [0.25, 0.3) is 5.91 Å². The van der Waals surface area contributed by atoms with Crippen LogP contribution < -0.4 is 0 Å². The van der Waals surface area contributed by atoms with Crippen LogP contribution in [-0.2, 0) is 0 Å². The van der Waals surface area contributed by atoms with E-state index < -0.39 is 17.7 Å². The number of rotatable bonds is 3. The molecule has 23 heavy (non-hydrogen) atoms. The van der Waals surface area contributed by atoms with Gasteiger partial charge in [-0.3, -0.25) is 4.79 Å². The maximum Gasteiger partial charge on any atom is 0.335 e. The van der Waals surface area contributed by atoms with Crippen molar-refractivity contribution >= 4 is 11.9 Å². The van der Waals surface area contributed by atoms with Gasteiger partial charge in [-0.25, -0.2) is 18.9 Å². The molecule has 120 valence electrons. The van der Waals surface area contributed by atoms with Crippen LogP contribution in [0.3, 0.4) is 0 Å². The third kappa shape index (κ3) is 3.05. The summed E-state index contributed by atoms with van der Waals surface area (Å²) in [7, 11) is 0. The Labute approximate surface area is 131 Å². The Bertz CT molecular complexity index is 732. The highest BCUT2D eigenvalue weighted by Gasteiger charge is 2.27. The minimum Gasteiger partial charge on any atom is -0.478 e. The molecule has 2 heterocycles. The quantitative estimate of drug-likeness (QED) is 0.928. The molecule has 3 rings (SSSR count). The first kappa shape index (κ1) is 15.1. The highest BCUT2D eigenvalue weighted by Crippen LogP contribution is 2.23. The number of piperidine rings is 1. The zero-order valence-corrected chi connectivity index (χ0v) is 12.2. The minimum atomic E-state index is -1.23.